The van der Waals surface area contributed by atoms with Gasteiger partial charge < -0.3 is 5.32 Å². The highest BCUT2D eigenvalue weighted by molar-refractivity contribution is 6.42. The van der Waals surface area contributed by atoms with Crippen molar-refractivity contribution in [3.8, 4) is 0 Å². The minimum absolute atomic E-state index is 0.113. The molecule has 0 radical (unpaired) electrons. The zero-order valence-corrected chi connectivity index (χ0v) is 14.4. The molecule has 116 valence electrons. The van der Waals surface area contributed by atoms with Crippen LogP contribution in [0.2, 0.25) is 15.1 Å². The Bertz CT molecular complexity index is 645. The van der Waals surface area contributed by atoms with Gasteiger partial charge in [0.15, 0.2) is 0 Å². The fraction of sp³-hybridized carbons (Fsp3) is 0.235. The smallest absolute Gasteiger partial charge is 0.224 e. The molecule has 1 N–H and O–H groups in total. The quantitative estimate of drug-likeness (QED) is 0.708. The molecule has 0 aliphatic carbocycles. The zero-order chi connectivity index (χ0) is 16.1. The van der Waals surface area contributed by atoms with Crippen molar-refractivity contribution < 1.29 is 4.79 Å². The molecule has 2 aromatic carbocycles. The molecule has 0 atom stereocenters. The maximum atomic E-state index is 12.0. The first-order valence-corrected chi connectivity index (χ1v) is 8.09. The van der Waals surface area contributed by atoms with E-state index in [0.29, 0.717) is 27.2 Å². The minimum Gasteiger partial charge on any atom is -0.324 e. The third-order valence-electron chi connectivity index (χ3n) is 3.26. The number of aryl methyl sites for hydroxylation is 2. The summed E-state index contributed by atoms with van der Waals surface area (Å²) in [6, 6.07) is 11.4. The van der Waals surface area contributed by atoms with E-state index in [1.54, 1.807) is 12.1 Å². The van der Waals surface area contributed by atoms with Gasteiger partial charge >= 0.3 is 0 Å². The summed E-state index contributed by atoms with van der Waals surface area (Å²) in [6.07, 6.45) is 2.02. The van der Waals surface area contributed by atoms with Crippen LogP contribution in [0, 0.1) is 6.92 Å². The van der Waals surface area contributed by atoms with Gasteiger partial charge in [-0.2, -0.15) is 0 Å². The first-order chi connectivity index (χ1) is 10.5. The SMILES string of the molecule is Cc1ccc(CCCC(=O)Nc2c(Cl)cc(Cl)cc2Cl)cc1. The highest BCUT2D eigenvalue weighted by atomic mass is 35.5. The summed E-state index contributed by atoms with van der Waals surface area (Å²) in [6.45, 7) is 2.05. The number of rotatable bonds is 5. The summed E-state index contributed by atoms with van der Waals surface area (Å²) in [4.78, 5) is 12.0. The molecule has 2 rings (SSSR count). The van der Waals surface area contributed by atoms with E-state index in [4.69, 9.17) is 34.8 Å². The van der Waals surface area contributed by atoms with Crippen LogP contribution in [0.15, 0.2) is 36.4 Å². The third-order valence-corrected chi connectivity index (χ3v) is 4.08. The maximum absolute atomic E-state index is 12.0. The van der Waals surface area contributed by atoms with Crippen molar-refractivity contribution in [1.29, 1.82) is 0 Å². The number of anilines is 1. The van der Waals surface area contributed by atoms with E-state index in [0.717, 1.165) is 12.8 Å². The number of carbonyl (C=O) groups excluding carboxylic acids is 1. The lowest BCUT2D eigenvalue weighted by atomic mass is 10.1. The van der Waals surface area contributed by atoms with E-state index in [9.17, 15) is 4.79 Å². The Kier molecular flexibility index (Phi) is 6.13. The van der Waals surface area contributed by atoms with Gasteiger partial charge in [0.2, 0.25) is 5.91 Å². The Morgan fingerprint density at radius 2 is 1.64 bits per heavy atom. The number of benzene rings is 2. The molecule has 0 saturated carbocycles. The first-order valence-electron chi connectivity index (χ1n) is 6.95. The summed E-state index contributed by atoms with van der Waals surface area (Å²) >= 11 is 17.9. The van der Waals surface area contributed by atoms with Crippen LogP contribution in [0.1, 0.15) is 24.0 Å². The molecule has 0 spiro atoms. The second-order valence-corrected chi connectivity index (χ2v) is 6.38. The van der Waals surface area contributed by atoms with Crippen molar-refractivity contribution in [2.45, 2.75) is 26.2 Å². The molecule has 22 heavy (non-hydrogen) atoms. The predicted octanol–water partition coefficient (Wildman–Crippen LogP) is 5.92. The van der Waals surface area contributed by atoms with Crippen LogP contribution in [0.3, 0.4) is 0 Å². The Morgan fingerprint density at radius 1 is 1.05 bits per heavy atom. The lowest BCUT2D eigenvalue weighted by Gasteiger charge is -2.10. The van der Waals surface area contributed by atoms with Crippen molar-refractivity contribution in [1.82, 2.24) is 0 Å². The monoisotopic (exact) mass is 355 g/mol. The van der Waals surface area contributed by atoms with Crippen LogP contribution >= 0.6 is 34.8 Å². The molecule has 0 bridgehead atoms. The maximum Gasteiger partial charge on any atom is 0.224 e. The Labute approximate surface area is 145 Å². The van der Waals surface area contributed by atoms with Crippen molar-refractivity contribution in [2.24, 2.45) is 0 Å². The third kappa shape index (κ3) is 4.91. The lowest BCUT2D eigenvalue weighted by molar-refractivity contribution is -0.116. The van der Waals surface area contributed by atoms with E-state index in [1.165, 1.54) is 11.1 Å². The van der Waals surface area contributed by atoms with E-state index < -0.39 is 0 Å². The highest BCUT2D eigenvalue weighted by Crippen LogP contribution is 2.33. The molecule has 0 saturated heterocycles. The van der Waals surface area contributed by atoms with Gasteiger partial charge in [-0.05, 0) is 37.5 Å². The molecule has 2 aromatic rings. The predicted molar refractivity (Wildman–Crippen MR) is 94.2 cm³/mol. The summed E-state index contributed by atoms with van der Waals surface area (Å²) in [5.41, 5.74) is 2.86. The first kappa shape index (κ1) is 17.1. The van der Waals surface area contributed by atoms with Crippen LogP contribution in [0.5, 0.6) is 0 Å². The van der Waals surface area contributed by atoms with Crippen molar-refractivity contribution in [2.75, 3.05) is 5.32 Å². The van der Waals surface area contributed by atoms with E-state index in [1.807, 2.05) is 0 Å². The molecular weight excluding hydrogens is 341 g/mol. The standard InChI is InChI=1S/C17H16Cl3NO/c1-11-5-7-12(8-6-11)3-2-4-16(22)21-17-14(19)9-13(18)10-15(17)20/h5-10H,2-4H2,1H3,(H,21,22). The molecule has 0 fully saturated rings. The molecule has 0 aromatic heterocycles. The number of hydrogen-bond acceptors (Lipinski definition) is 1. The van der Waals surface area contributed by atoms with Gasteiger partial charge in [-0.15, -0.1) is 0 Å². The van der Waals surface area contributed by atoms with Gasteiger partial charge in [-0.3, -0.25) is 4.79 Å². The second kappa shape index (κ2) is 7.87. The van der Waals surface area contributed by atoms with Crippen LogP contribution in [0.4, 0.5) is 5.69 Å². The topological polar surface area (TPSA) is 29.1 Å². The second-order valence-electron chi connectivity index (χ2n) is 5.13. The molecule has 1 amide bonds. The van der Waals surface area contributed by atoms with Crippen molar-refractivity contribution in [3.63, 3.8) is 0 Å². The minimum atomic E-state index is -0.113. The largest absolute Gasteiger partial charge is 0.324 e. The van der Waals surface area contributed by atoms with Crippen molar-refractivity contribution in [3.05, 3.63) is 62.6 Å². The molecule has 0 aliphatic heterocycles. The molecule has 0 unspecified atom stereocenters. The normalized spacial score (nSPS) is 10.5. The lowest BCUT2D eigenvalue weighted by Crippen LogP contribution is -2.12. The summed E-state index contributed by atoms with van der Waals surface area (Å²) in [7, 11) is 0. The molecular formula is C17H16Cl3NO. The fourth-order valence-electron chi connectivity index (χ4n) is 2.07. The van der Waals surface area contributed by atoms with Crippen molar-refractivity contribution >= 4 is 46.4 Å². The van der Waals surface area contributed by atoms with E-state index >= 15 is 0 Å². The summed E-state index contributed by atoms with van der Waals surface area (Å²) in [5.74, 6) is -0.113. The molecule has 0 aliphatic rings. The molecule has 0 heterocycles. The molecule has 5 heteroatoms. The van der Waals surface area contributed by atoms with Gasteiger partial charge in [0.25, 0.3) is 0 Å². The van der Waals surface area contributed by atoms with Gasteiger partial charge in [-0.25, -0.2) is 0 Å². The zero-order valence-electron chi connectivity index (χ0n) is 12.1. The number of halogens is 3. The van der Waals surface area contributed by atoms with Gasteiger partial charge in [-0.1, -0.05) is 64.6 Å². The van der Waals surface area contributed by atoms with Crippen LogP contribution in [0.25, 0.3) is 0 Å². The van der Waals surface area contributed by atoms with Gasteiger partial charge in [0, 0.05) is 11.4 Å². The van der Waals surface area contributed by atoms with E-state index in [-0.39, 0.29) is 5.91 Å². The number of hydrogen-bond donors (Lipinski definition) is 1. The van der Waals surface area contributed by atoms with E-state index in [2.05, 4.69) is 36.5 Å². The fourth-order valence-corrected chi connectivity index (χ4v) is 2.98. The number of amides is 1. The Morgan fingerprint density at radius 3 is 2.23 bits per heavy atom. The number of nitrogens with one attached hydrogen (secondary N) is 1. The van der Waals surface area contributed by atoms with Gasteiger partial charge in [0.05, 0.1) is 15.7 Å². The van der Waals surface area contributed by atoms with Gasteiger partial charge in [0.1, 0.15) is 0 Å². The summed E-state index contributed by atoms with van der Waals surface area (Å²) < 4.78 is 0. The van der Waals surface area contributed by atoms with Crippen LogP contribution in [-0.4, -0.2) is 5.91 Å². The Hall–Kier alpha value is -1.22. The highest BCUT2D eigenvalue weighted by Gasteiger charge is 2.11. The van der Waals surface area contributed by atoms with Crippen LogP contribution < -0.4 is 5.32 Å². The Balaban J connectivity index is 1.87. The average Bonchev–Trinajstić information content (AvgIpc) is 2.45. The molecule has 2 nitrogen and oxygen atoms in total. The number of carbonyl (C=O) groups is 1. The summed E-state index contributed by atoms with van der Waals surface area (Å²) in [5, 5.41) is 3.85. The average molecular weight is 357 g/mol. The van der Waals surface area contributed by atoms with Crippen LogP contribution in [-0.2, 0) is 11.2 Å².